The Bertz CT molecular complexity index is 652. The Hall–Kier alpha value is -2.33. The van der Waals surface area contributed by atoms with E-state index in [9.17, 15) is 9.90 Å². The molecule has 1 amide bonds. The van der Waals surface area contributed by atoms with E-state index in [2.05, 4.69) is 0 Å². The minimum atomic E-state index is -0.714. The van der Waals surface area contributed by atoms with Gasteiger partial charge in [-0.2, -0.15) is 0 Å². The van der Waals surface area contributed by atoms with Crippen LogP contribution >= 0.6 is 0 Å². The second-order valence-corrected chi connectivity index (χ2v) is 5.47. The van der Waals surface area contributed by atoms with Gasteiger partial charge in [-0.05, 0) is 31.5 Å². The molecule has 2 aromatic carbocycles. The monoisotopic (exact) mass is 313 g/mol. The summed E-state index contributed by atoms with van der Waals surface area (Å²) in [5.41, 5.74) is 2.45. The summed E-state index contributed by atoms with van der Waals surface area (Å²) in [6.45, 7) is 4.66. The van der Waals surface area contributed by atoms with Crippen LogP contribution in [0.15, 0.2) is 48.5 Å². The van der Waals surface area contributed by atoms with Crippen molar-refractivity contribution in [2.24, 2.45) is 0 Å². The number of carbonyl (C=O) groups is 1. The summed E-state index contributed by atoms with van der Waals surface area (Å²) >= 11 is 0. The highest BCUT2D eigenvalue weighted by molar-refractivity contribution is 5.97. The molecule has 0 aliphatic heterocycles. The molecular formula is C19H23NO3. The van der Waals surface area contributed by atoms with Crippen LogP contribution in [0, 0.1) is 6.92 Å². The Kier molecular flexibility index (Phi) is 5.77. The van der Waals surface area contributed by atoms with Crippen molar-refractivity contribution < 1.29 is 14.6 Å². The number of ether oxygens (including phenoxy) is 1. The van der Waals surface area contributed by atoms with E-state index in [-0.39, 0.29) is 12.5 Å². The highest BCUT2D eigenvalue weighted by Crippen LogP contribution is 2.21. The molecule has 0 radical (unpaired) electrons. The predicted octanol–water partition coefficient (Wildman–Crippen LogP) is 3.20. The molecule has 4 nitrogen and oxygen atoms in total. The van der Waals surface area contributed by atoms with E-state index in [0.29, 0.717) is 17.9 Å². The van der Waals surface area contributed by atoms with Crippen molar-refractivity contribution in [2.75, 3.05) is 20.2 Å². The third kappa shape index (κ3) is 4.11. The Labute approximate surface area is 137 Å². The van der Waals surface area contributed by atoms with Crippen LogP contribution in [0.4, 0.5) is 0 Å². The van der Waals surface area contributed by atoms with Gasteiger partial charge in [0, 0.05) is 6.54 Å². The molecule has 0 bridgehead atoms. The number of hydrogen-bond acceptors (Lipinski definition) is 3. The molecule has 0 heterocycles. The van der Waals surface area contributed by atoms with Gasteiger partial charge in [0.05, 0.1) is 25.3 Å². The smallest absolute Gasteiger partial charge is 0.257 e. The first-order chi connectivity index (χ1) is 11.1. The Morgan fingerprint density at radius 1 is 1.17 bits per heavy atom. The number of likely N-dealkylation sites (N-methyl/N-ethyl adjacent to an activating group) is 1. The maximum Gasteiger partial charge on any atom is 0.257 e. The lowest BCUT2D eigenvalue weighted by Gasteiger charge is -2.25. The van der Waals surface area contributed by atoms with E-state index in [1.807, 2.05) is 44.2 Å². The third-order valence-corrected chi connectivity index (χ3v) is 3.86. The van der Waals surface area contributed by atoms with Crippen molar-refractivity contribution in [3.05, 3.63) is 65.2 Å². The number of rotatable bonds is 6. The molecule has 0 saturated carbocycles. The lowest BCUT2D eigenvalue weighted by molar-refractivity contribution is 0.0632. The molecule has 1 unspecified atom stereocenters. The first kappa shape index (κ1) is 17.0. The molecule has 0 fully saturated rings. The number of aryl methyl sites for hydroxylation is 1. The Morgan fingerprint density at radius 3 is 2.43 bits per heavy atom. The molecule has 0 saturated heterocycles. The van der Waals surface area contributed by atoms with Crippen LogP contribution in [0.2, 0.25) is 0 Å². The molecule has 0 aliphatic rings. The SMILES string of the molecule is CCN(CC(O)c1ccc(C)cc1)C(=O)c1ccccc1OC. The zero-order valence-corrected chi connectivity index (χ0v) is 13.8. The largest absolute Gasteiger partial charge is 0.496 e. The maximum atomic E-state index is 12.7. The third-order valence-electron chi connectivity index (χ3n) is 3.86. The number of benzene rings is 2. The Balaban J connectivity index is 2.15. The van der Waals surface area contributed by atoms with Crippen molar-refractivity contribution in [1.82, 2.24) is 4.90 Å². The molecule has 0 aliphatic carbocycles. The highest BCUT2D eigenvalue weighted by Gasteiger charge is 2.21. The molecule has 0 aromatic heterocycles. The summed E-state index contributed by atoms with van der Waals surface area (Å²) in [7, 11) is 1.55. The number of aliphatic hydroxyl groups excluding tert-OH is 1. The average molecular weight is 313 g/mol. The number of methoxy groups -OCH3 is 1. The molecule has 122 valence electrons. The van der Waals surface area contributed by atoms with E-state index in [4.69, 9.17) is 4.74 Å². The van der Waals surface area contributed by atoms with Gasteiger partial charge in [0.25, 0.3) is 5.91 Å². The van der Waals surface area contributed by atoms with Crippen molar-refractivity contribution in [3.8, 4) is 5.75 Å². The fourth-order valence-corrected chi connectivity index (χ4v) is 2.45. The summed E-state index contributed by atoms with van der Waals surface area (Å²) in [6, 6.07) is 14.8. The normalized spacial score (nSPS) is 11.8. The maximum absolute atomic E-state index is 12.7. The lowest BCUT2D eigenvalue weighted by atomic mass is 10.1. The molecule has 4 heteroatoms. The first-order valence-electron chi connectivity index (χ1n) is 7.73. The molecule has 2 aromatic rings. The van der Waals surface area contributed by atoms with E-state index in [1.165, 1.54) is 0 Å². The van der Waals surface area contributed by atoms with Crippen LogP contribution in [0.5, 0.6) is 5.75 Å². The van der Waals surface area contributed by atoms with Gasteiger partial charge in [-0.15, -0.1) is 0 Å². The summed E-state index contributed by atoms with van der Waals surface area (Å²) < 4.78 is 5.25. The van der Waals surface area contributed by atoms with E-state index in [1.54, 1.807) is 30.2 Å². The predicted molar refractivity (Wildman–Crippen MR) is 90.7 cm³/mol. The van der Waals surface area contributed by atoms with Gasteiger partial charge < -0.3 is 14.7 Å². The summed E-state index contributed by atoms with van der Waals surface area (Å²) in [5.74, 6) is 0.400. The standard InChI is InChI=1S/C19H23NO3/c1-4-20(13-17(21)15-11-9-14(2)10-12-15)19(22)16-7-5-6-8-18(16)23-3/h5-12,17,21H,4,13H2,1-3H3. The van der Waals surface area contributed by atoms with E-state index < -0.39 is 6.10 Å². The molecule has 23 heavy (non-hydrogen) atoms. The zero-order chi connectivity index (χ0) is 16.8. The molecule has 1 N–H and O–H groups in total. The first-order valence-corrected chi connectivity index (χ1v) is 7.73. The number of carbonyl (C=O) groups excluding carboxylic acids is 1. The highest BCUT2D eigenvalue weighted by atomic mass is 16.5. The fourth-order valence-electron chi connectivity index (χ4n) is 2.45. The van der Waals surface area contributed by atoms with Gasteiger partial charge in [-0.1, -0.05) is 42.0 Å². The number of aliphatic hydroxyl groups is 1. The molecule has 0 spiro atoms. The van der Waals surface area contributed by atoms with Crippen LogP contribution < -0.4 is 4.74 Å². The average Bonchev–Trinajstić information content (AvgIpc) is 2.59. The summed E-state index contributed by atoms with van der Waals surface area (Å²) in [5, 5.41) is 10.4. The van der Waals surface area contributed by atoms with Crippen LogP contribution in [0.3, 0.4) is 0 Å². The zero-order valence-electron chi connectivity index (χ0n) is 13.8. The van der Waals surface area contributed by atoms with Crippen LogP contribution in [-0.2, 0) is 0 Å². The molecule has 1 atom stereocenters. The van der Waals surface area contributed by atoms with Crippen LogP contribution in [0.25, 0.3) is 0 Å². The minimum Gasteiger partial charge on any atom is -0.496 e. The number of nitrogens with zero attached hydrogens (tertiary/aromatic N) is 1. The van der Waals surface area contributed by atoms with Gasteiger partial charge in [0.2, 0.25) is 0 Å². The van der Waals surface area contributed by atoms with Crippen molar-refractivity contribution >= 4 is 5.91 Å². The second-order valence-electron chi connectivity index (χ2n) is 5.47. The van der Waals surface area contributed by atoms with Gasteiger partial charge in [-0.25, -0.2) is 0 Å². The van der Waals surface area contributed by atoms with Crippen molar-refractivity contribution in [3.63, 3.8) is 0 Å². The summed E-state index contributed by atoms with van der Waals surface area (Å²) in [4.78, 5) is 14.3. The van der Waals surface area contributed by atoms with E-state index >= 15 is 0 Å². The van der Waals surface area contributed by atoms with Crippen LogP contribution in [-0.4, -0.2) is 36.1 Å². The van der Waals surface area contributed by atoms with Crippen molar-refractivity contribution in [2.45, 2.75) is 20.0 Å². The second kappa shape index (κ2) is 7.79. The fraction of sp³-hybridized carbons (Fsp3) is 0.316. The molecule has 2 rings (SSSR count). The number of hydrogen-bond donors (Lipinski definition) is 1. The number of amides is 1. The van der Waals surface area contributed by atoms with Crippen molar-refractivity contribution in [1.29, 1.82) is 0 Å². The Morgan fingerprint density at radius 2 is 1.83 bits per heavy atom. The van der Waals surface area contributed by atoms with Crippen LogP contribution in [0.1, 0.15) is 34.5 Å². The molecular weight excluding hydrogens is 290 g/mol. The quantitative estimate of drug-likeness (QED) is 0.891. The lowest BCUT2D eigenvalue weighted by Crippen LogP contribution is -2.34. The van der Waals surface area contributed by atoms with Gasteiger partial charge in [-0.3, -0.25) is 4.79 Å². The van der Waals surface area contributed by atoms with E-state index in [0.717, 1.165) is 11.1 Å². The summed E-state index contributed by atoms with van der Waals surface area (Å²) in [6.07, 6.45) is -0.714. The van der Waals surface area contributed by atoms with Gasteiger partial charge in [0.1, 0.15) is 5.75 Å². The number of para-hydroxylation sites is 1. The topological polar surface area (TPSA) is 49.8 Å². The van der Waals surface area contributed by atoms with Gasteiger partial charge in [0.15, 0.2) is 0 Å². The minimum absolute atomic E-state index is 0.142. The van der Waals surface area contributed by atoms with Gasteiger partial charge >= 0.3 is 0 Å².